The summed E-state index contributed by atoms with van der Waals surface area (Å²) >= 11 is 0. The number of carbonyl (C=O) groups is 2. The summed E-state index contributed by atoms with van der Waals surface area (Å²) in [6.45, 7) is -0.600. The number of Topliss-reactive ketones (excluding diaryl/α,β-unsaturated/α-hetero) is 2. The monoisotopic (exact) mass is 190 g/mol. The van der Waals surface area contributed by atoms with Gasteiger partial charge in [-0.05, 0) is 0 Å². The number of ether oxygens (including phenoxy) is 2. The number of ketones is 2. The molecule has 2 N–H and O–H groups in total. The van der Waals surface area contributed by atoms with E-state index in [1.54, 1.807) is 0 Å². The molecule has 6 heteroatoms. The summed E-state index contributed by atoms with van der Waals surface area (Å²) in [4.78, 5) is 22.0. The molecule has 0 bridgehead atoms. The highest BCUT2D eigenvalue weighted by molar-refractivity contribution is 6.41. The van der Waals surface area contributed by atoms with E-state index in [2.05, 4.69) is 4.74 Å². The first kappa shape index (κ1) is 10.3. The maximum absolute atomic E-state index is 11.0. The van der Waals surface area contributed by atoms with Gasteiger partial charge in [0.15, 0.2) is 12.4 Å². The van der Waals surface area contributed by atoms with Crippen molar-refractivity contribution in [2.24, 2.45) is 0 Å². The van der Waals surface area contributed by atoms with Crippen LogP contribution in [-0.2, 0) is 19.1 Å². The smallest absolute Gasteiger partial charge is 0.234 e. The van der Waals surface area contributed by atoms with Crippen LogP contribution in [0.2, 0.25) is 0 Å². The van der Waals surface area contributed by atoms with E-state index in [9.17, 15) is 9.59 Å². The van der Waals surface area contributed by atoms with Crippen molar-refractivity contribution in [2.45, 2.75) is 18.5 Å². The topological polar surface area (TPSA) is 93.1 Å². The summed E-state index contributed by atoms with van der Waals surface area (Å²) in [6, 6.07) is 0. The van der Waals surface area contributed by atoms with Gasteiger partial charge >= 0.3 is 0 Å². The minimum atomic E-state index is -1.60. The Balaban J connectivity index is 2.78. The lowest BCUT2D eigenvalue weighted by Crippen LogP contribution is -2.54. The van der Waals surface area contributed by atoms with Crippen molar-refractivity contribution in [3.05, 3.63) is 0 Å². The number of hydrogen-bond acceptors (Lipinski definition) is 6. The third-order valence-corrected chi connectivity index (χ3v) is 1.76. The first-order valence-electron chi connectivity index (χ1n) is 3.67. The zero-order valence-corrected chi connectivity index (χ0v) is 6.97. The zero-order chi connectivity index (χ0) is 10.0. The van der Waals surface area contributed by atoms with Gasteiger partial charge in [0.1, 0.15) is 6.10 Å². The molecule has 1 fully saturated rings. The van der Waals surface area contributed by atoms with Gasteiger partial charge in [0, 0.05) is 7.11 Å². The predicted molar refractivity (Wildman–Crippen MR) is 38.8 cm³/mol. The van der Waals surface area contributed by atoms with E-state index in [4.69, 9.17) is 14.9 Å². The first-order chi connectivity index (χ1) is 6.11. The van der Waals surface area contributed by atoms with Gasteiger partial charge in [-0.3, -0.25) is 9.59 Å². The molecule has 74 valence electrons. The van der Waals surface area contributed by atoms with Crippen LogP contribution >= 0.6 is 0 Å². The second-order valence-corrected chi connectivity index (χ2v) is 2.58. The van der Waals surface area contributed by atoms with E-state index < -0.39 is 36.7 Å². The van der Waals surface area contributed by atoms with Crippen molar-refractivity contribution in [1.82, 2.24) is 0 Å². The Morgan fingerprint density at radius 3 is 2.54 bits per heavy atom. The lowest BCUT2D eigenvalue weighted by atomic mass is 10.0. The molecule has 1 aliphatic heterocycles. The quantitative estimate of drug-likeness (QED) is 0.482. The predicted octanol–water partition coefficient (Wildman–Crippen LogP) is -2.15. The molecule has 13 heavy (non-hydrogen) atoms. The second-order valence-electron chi connectivity index (χ2n) is 2.58. The molecule has 0 aromatic rings. The van der Waals surface area contributed by atoms with Crippen molar-refractivity contribution < 1.29 is 29.3 Å². The molecule has 3 atom stereocenters. The molecule has 0 aromatic carbocycles. The summed E-state index contributed by atoms with van der Waals surface area (Å²) in [5.74, 6) is -1.92. The average molecular weight is 190 g/mol. The SMILES string of the molecule is COC1OC(CO)C(=O)C(=O)C1O. The number of aliphatic hydroxyl groups is 2. The molecule has 6 nitrogen and oxygen atoms in total. The maximum Gasteiger partial charge on any atom is 0.234 e. The molecule has 0 saturated carbocycles. The summed E-state index contributed by atoms with van der Waals surface area (Å²) < 4.78 is 9.38. The van der Waals surface area contributed by atoms with Gasteiger partial charge in [-0.25, -0.2) is 0 Å². The van der Waals surface area contributed by atoms with E-state index in [0.29, 0.717) is 0 Å². The third kappa shape index (κ3) is 1.75. The van der Waals surface area contributed by atoms with Crippen LogP contribution in [0.1, 0.15) is 0 Å². The van der Waals surface area contributed by atoms with Crippen molar-refractivity contribution >= 4 is 11.6 Å². The van der Waals surface area contributed by atoms with Crippen molar-refractivity contribution in [2.75, 3.05) is 13.7 Å². The Morgan fingerprint density at radius 1 is 1.46 bits per heavy atom. The van der Waals surface area contributed by atoms with Crippen LogP contribution in [0.25, 0.3) is 0 Å². The number of methoxy groups -OCH3 is 1. The molecule has 3 unspecified atom stereocenters. The first-order valence-corrected chi connectivity index (χ1v) is 3.67. The molecular weight excluding hydrogens is 180 g/mol. The van der Waals surface area contributed by atoms with E-state index in [1.165, 1.54) is 7.11 Å². The van der Waals surface area contributed by atoms with Crippen LogP contribution in [0.3, 0.4) is 0 Å². The molecule has 0 aliphatic carbocycles. The van der Waals surface area contributed by atoms with Gasteiger partial charge in [-0.1, -0.05) is 0 Å². The normalized spacial score (nSPS) is 35.2. The van der Waals surface area contributed by atoms with Crippen LogP contribution in [0.4, 0.5) is 0 Å². The van der Waals surface area contributed by atoms with Gasteiger partial charge in [-0.15, -0.1) is 0 Å². The van der Waals surface area contributed by atoms with Crippen LogP contribution in [-0.4, -0.2) is 54.0 Å². The number of rotatable bonds is 2. The minimum Gasteiger partial charge on any atom is -0.393 e. The van der Waals surface area contributed by atoms with Gasteiger partial charge < -0.3 is 19.7 Å². The van der Waals surface area contributed by atoms with Crippen LogP contribution in [0.5, 0.6) is 0 Å². The summed E-state index contributed by atoms with van der Waals surface area (Å²) in [6.07, 6.45) is -4.00. The summed E-state index contributed by atoms with van der Waals surface area (Å²) in [5, 5.41) is 17.8. The van der Waals surface area contributed by atoms with Gasteiger partial charge in [0.05, 0.1) is 6.61 Å². The highest BCUT2D eigenvalue weighted by Crippen LogP contribution is 2.14. The Kier molecular flexibility index (Phi) is 3.10. The standard InChI is InChI=1S/C7H10O6/c1-12-7-6(11)5(10)4(9)3(2-8)13-7/h3,6-8,11H,2H2,1H3. The minimum absolute atomic E-state index is 0.600. The second kappa shape index (κ2) is 3.93. The van der Waals surface area contributed by atoms with Gasteiger partial charge in [0.2, 0.25) is 11.6 Å². The Morgan fingerprint density at radius 2 is 2.08 bits per heavy atom. The van der Waals surface area contributed by atoms with Crippen molar-refractivity contribution in [1.29, 1.82) is 0 Å². The Hall–Kier alpha value is -0.820. The van der Waals surface area contributed by atoms with Crippen LogP contribution in [0.15, 0.2) is 0 Å². The van der Waals surface area contributed by atoms with Crippen molar-refractivity contribution in [3.8, 4) is 0 Å². The van der Waals surface area contributed by atoms with Crippen molar-refractivity contribution in [3.63, 3.8) is 0 Å². The van der Waals surface area contributed by atoms with Gasteiger partial charge in [-0.2, -0.15) is 0 Å². The fraction of sp³-hybridized carbons (Fsp3) is 0.714. The van der Waals surface area contributed by atoms with E-state index in [1.807, 2.05) is 0 Å². The average Bonchev–Trinajstić information content (AvgIpc) is 2.15. The maximum atomic E-state index is 11.0. The number of aliphatic hydroxyl groups excluding tert-OH is 2. The lowest BCUT2D eigenvalue weighted by molar-refractivity contribution is -0.222. The molecule has 0 amide bonds. The molecule has 0 spiro atoms. The summed E-state index contributed by atoms with van der Waals surface area (Å²) in [5.41, 5.74) is 0. The highest BCUT2D eigenvalue weighted by atomic mass is 16.7. The number of carbonyl (C=O) groups excluding carboxylic acids is 2. The number of hydrogen-bond donors (Lipinski definition) is 2. The third-order valence-electron chi connectivity index (χ3n) is 1.76. The molecule has 1 saturated heterocycles. The molecule has 1 heterocycles. The molecule has 1 aliphatic rings. The fourth-order valence-electron chi connectivity index (χ4n) is 1.04. The molecule has 0 radical (unpaired) electrons. The molecule has 1 rings (SSSR count). The highest BCUT2D eigenvalue weighted by Gasteiger charge is 2.43. The molecule has 0 aromatic heterocycles. The lowest BCUT2D eigenvalue weighted by Gasteiger charge is -2.29. The van der Waals surface area contributed by atoms with E-state index >= 15 is 0 Å². The van der Waals surface area contributed by atoms with Gasteiger partial charge in [0.25, 0.3) is 0 Å². The van der Waals surface area contributed by atoms with Crippen LogP contribution in [0, 0.1) is 0 Å². The molecular formula is C7H10O6. The Labute approximate surface area is 74.1 Å². The Bertz CT molecular complexity index is 225. The van der Waals surface area contributed by atoms with Crippen LogP contribution < -0.4 is 0 Å². The zero-order valence-electron chi connectivity index (χ0n) is 6.97. The van der Waals surface area contributed by atoms with E-state index in [-0.39, 0.29) is 0 Å². The van der Waals surface area contributed by atoms with E-state index in [0.717, 1.165) is 0 Å². The fourth-order valence-corrected chi connectivity index (χ4v) is 1.04. The largest absolute Gasteiger partial charge is 0.393 e. The summed E-state index contributed by atoms with van der Waals surface area (Å²) in [7, 11) is 1.23.